The lowest BCUT2D eigenvalue weighted by Gasteiger charge is -2.37. The number of rotatable bonds is 4. The van der Waals surface area contributed by atoms with Crippen LogP contribution in [0.1, 0.15) is 43.9 Å². The van der Waals surface area contributed by atoms with Gasteiger partial charge in [-0.1, -0.05) is 13.8 Å². The number of alkyl halides is 3. The Balaban J connectivity index is 1.88. The molecule has 2 aromatic rings. The number of nitrogens with zero attached hydrogens (tertiary/aromatic N) is 4. The maximum absolute atomic E-state index is 13.8. The average molecular weight is 436 g/mol. The SMILES string of the molecule is CC[C@@H]1CNCCN1c1cc(C(F)(F)F)cc(-c2ncnc3c2[C@H](CC)OC(=O)N3)n1. The van der Waals surface area contributed by atoms with Crippen LogP contribution in [0.3, 0.4) is 0 Å². The molecule has 2 atom stereocenters. The van der Waals surface area contributed by atoms with Crippen molar-refractivity contribution in [3.05, 3.63) is 29.6 Å². The molecular formula is C20H23F3N6O2. The van der Waals surface area contributed by atoms with Gasteiger partial charge in [-0.25, -0.2) is 19.7 Å². The highest BCUT2D eigenvalue weighted by Gasteiger charge is 2.35. The number of piperazine rings is 1. The maximum atomic E-state index is 13.8. The molecule has 0 radical (unpaired) electrons. The zero-order valence-corrected chi connectivity index (χ0v) is 17.2. The molecule has 2 aliphatic rings. The third-order valence-electron chi connectivity index (χ3n) is 5.54. The second kappa shape index (κ2) is 8.29. The number of amides is 1. The van der Waals surface area contributed by atoms with Gasteiger partial charge in [-0.2, -0.15) is 13.2 Å². The van der Waals surface area contributed by atoms with Crippen molar-refractivity contribution in [1.29, 1.82) is 0 Å². The van der Waals surface area contributed by atoms with E-state index in [4.69, 9.17) is 4.74 Å². The van der Waals surface area contributed by atoms with E-state index in [0.717, 1.165) is 18.6 Å². The topological polar surface area (TPSA) is 92.3 Å². The van der Waals surface area contributed by atoms with E-state index in [1.165, 1.54) is 6.33 Å². The minimum absolute atomic E-state index is 0.0305. The van der Waals surface area contributed by atoms with E-state index in [-0.39, 0.29) is 29.1 Å². The predicted molar refractivity (Wildman–Crippen MR) is 108 cm³/mol. The molecule has 0 spiro atoms. The molecule has 2 aliphatic heterocycles. The highest BCUT2D eigenvalue weighted by Crippen LogP contribution is 2.40. The summed E-state index contributed by atoms with van der Waals surface area (Å²) in [4.78, 5) is 26.6. The Kier molecular flexibility index (Phi) is 5.69. The Morgan fingerprint density at radius 1 is 1.23 bits per heavy atom. The largest absolute Gasteiger partial charge is 0.441 e. The van der Waals surface area contributed by atoms with Gasteiger partial charge in [-0.3, -0.25) is 5.32 Å². The Hall–Kier alpha value is -2.95. The zero-order valence-electron chi connectivity index (χ0n) is 17.2. The minimum atomic E-state index is -4.55. The van der Waals surface area contributed by atoms with E-state index in [0.29, 0.717) is 31.6 Å². The van der Waals surface area contributed by atoms with Gasteiger partial charge in [0.15, 0.2) is 0 Å². The molecule has 2 N–H and O–H groups in total. The van der Waals surface area contributed by atoms with Gasteiger partial charge in [0.1, 0.15) is 29.8 Å². The van der Waals surface area contributed by atoms with Crippen LogP contribution in [0, 0.1) is 0 Å². The lowest BCUT2D eigenvalue weighted by atomic mass is 10.0. The molecule has 2 aromatic heterocycles. The smallest absolute Gasteiger partial charge is 0.416 e. The molecule has 0 unspecified atom stereocenters. The summed E-state index contributed by atoms with van der Waals surface area (Å²) in [7, 11) is 0. The molecule has 8 nitrogen and oxygen atoms in total. The van der Waals surface area contributed by atoms with Crippen LogP contribution in [0.2, 0.25) is 0 Å². The first-order valence-electron chi connectivity index (χ1n) is 10.2. The van der Waals surface area contributed by atoms with E-state index < -0.39 is 23.9 Å². The summed E-state index contributed by atoms with van der Waals surface area (Å²) in [6.07, 6.45) is -3.50. The van der Waals surface area contributed by atoms with E-state index in [9.17, 15) is 18.0 Å². The number of nitrogens with one attached hydrogen (secondary N) is 2. The number of aromatic nitrogens is 3. The van der Waals surface area contributed by atoms with Gasteiger partial charge < -0.3 is 15.0 Å². The second-order valence-corrected chi connectivity index (χ2v) is 7.47. The van der Waals surface area contributed by atoms with Crippen molar-refractivity contribution < 1.29 is 22.7 Å². The highest BCUT2D eigenvalue weighted by molar-refractivity contribution is 5.88. The van der Waals surface area contributed by atoms with Crippen LogP contribution in [0.4, 0.5) is 29.6 Å². The summed E-state index contributed by atoms with van der Waals surface area (Å²) in [6.45, 7) is 5.67. The van der Waals surface area contributed by atoms with Crippen molar-refractivity contribution in [2.24, 2.45) is 0 Å². The molecule has 0 saturated carbocycles. The number of carbonyl (C=O) groups is 1. The first-order valence-corrected chi connectivity index (χ1v) is 10.2. The lowest BCUT2D eigenvalue weighted by Crippen LogP contribution is -2.51. The van der Waals surface area contributed by atoms with Crippen LogP contribution >= 0.6 is 0 Å². The van der Waals surface area contributed by atoms with E-state index in [1.54, 1.807) is 6.92 Å². The van der Waals surface area contributed by atoms with Crippen LogP contribution < -0.4 is 15.5 Å². The molecule has 0 bridgehead atoms. The highest BCUT2D eigenvalue weighted by atomic mass is 19.4. The molecule has 31 heavy (non-hydrogen) atoms. The molecular weight excluding hydrogens is 413 g/mol. The summed E-state index contributed by atoms with van der Waals surface area (Å²) in [5.74, 6) is 0.474. The third kappa shape index (κ3) is 4.14. The number of halogens is 3. The fourth-order valence-electron chi connectivity index (χ4n) is 3.98. The van der Waals surface area contributed by atoms with Gasteiger partial charge in [0.2, 0.25) is 0 Å². The monoisotopic (exact) mass is 436 g/mol. The van der Waals surface area contributed by atoms with Gasteiger partial charge in [-0.15, -0.1) is 0 Å². The number of fused-ring (bicyclic) bond motifs is 1. The molecule has 4 heterocycles. The lowest BCUT2D eigenvalue weighted by molar-refractivity contribution is -0.137. The Labute approximate surface area is 177 Å². The summed E-state index contributed by atoms with van der Waals surface area (Å²) in [5, 5.41) is 5.76. The standard InChI is InChI=1S/C20H23F3N6O2/c1-3-12-9-24-5-6-29(12)15-8-11(20(21,22)23)7-13(27-15)17-16-14(4-2)31-19(30)28-18(16)26-10-25-17/h7-8,10,12,14,24H,3-6,9H2,1-2H3,(H,25,26,28,30)/t12-,14+/m1/s1. The van der Waals surface area contributed by atoms with E-state index >= 15 is 0 Å². The number of carbonyl (C=O) groups excluding carboxylic acids is 1. The third-order valence-corrected chi connectivity index (χ3v) is 5.54. The number of anilines is 2. The van der Waals surface area contributed by atoms with Gasteiger partial charge >= 0.3 is 12.3 Å². The fraction of sp³-hybridized carbons (Fsp3) is 0.500. The predicted octanol–water partition coefficient (Wildman–Crippen LogP) is 3.76. The van der Waals surface area contributed by atoms with Crippen molar-refractivity contribution in [3.63, 3.8) is 0 Å². The minimum Gasteiger partial charge on any atom is -0.441 e. The van der Waals surface area contributed by atoms with E-state index in [1.807, 2.05) is 11.8 Å². The maximum Gasteiger partial charge on any atom is 0.416 e. The van der Waals surface area contributed by atoms with Crippen molar-refractivity contribution in [2.75, 3.05) is 29.9 Å². The molecule has 1 saturated heterocycles. The van der Waals surface area contributed by atoms with Gasteiger partial charge in [0.25, 0.3) is 0 Å². The number of cyclic esters (lactones) is 1. The normalized spacial score (nSPS) is 21.3. The van der Waals surface area contributed by atoms with Crippen molar-refractivity contribution in [1.82, 2.24) is 20.3 Å². The number of pyridine rings is 1. The first kappa shape index (κ1) is 21.3. The average Bonchev–Trinajstić information content (AvgIpc) is 2.77. The molecule has 0 aromatic carbocycles. The quantitative estimate of drug-likeness (QED) is 0.754. The summed E-state index contributed by atoms with van der Waals surface area (Å²) >= 11 is 0. The Morgan fingerprint density at radius 3 is 2.74 bits per heavy atom. The Morgan fingerprint density at radius 2 is 2.03 bits per heavy atom. The van der Waals surface area contributed by atoms with Crippen molar-refractivity contribution in [3.8, 4) is 11.4 Å². The molecule has 4 rings (SSSR count). The van der Waals surface area contributed by atoms with Crippen LogP contribution in [0.5, 0.6) is 0 Å². The Bertz CT molecular complexity index is 984. The zero-order chi connectivity index (χ0) is 22.2. The van der Waals surface area contributed by atoms with Crippen LogP contribution in [-0.2, 0) is 10.9 Å². The van der Waals surface area contributed by atoms with Crippen molar-refractivity contribution in [2.45, 2.75) is 45.0 Å². The summed E-state index contributed by atoms with van der Waals surface area (Å²) in [5.41, 5.74) is -0.0979. The summed E-state index contributed by atoms with van der Waals surface area (Å²) in [6, 6.07) is 2.10. The van der Waals surface area contributed by atoms with Crippen LogP contribution in [0.25, 0.3) is 11.4 Å². The van der Waals surface area contributed by atoms with Crippen LogP contribution in [-0.4, -0.2) is 46.7 Å². The van der Waals surface area contributed by atoms with E-state index in [2.05, 4.69) is 25.6 Å². The molecule has 11 heteroatoms. The second-order valence-electron chi connectivity index (χ2n) is 7.47. The van der Waals surface area contributed by atoms with Gasteiger partial charge in [-0.05, 0) is 25.0 Å². The molecule has 1 amide bonds. The van der Waals surface area contributed by atoms with Crippen LogP contribution in [0.15, 0.2) is 18.5 Å². The fourth-order valence-corrected chi connectivity index (χ4v) is 3.98. The molecule has 0 aliphatic carbocycles. The number of hydrogen-bond donors (Lipinski definition) is 2. The first-order chi connectivity index (χ1) is 14.8. The molecule has 166 valence electrons. The van der Waals surface area contributed by atoms with Gasteiger partial charge in [0.05, 0.1) is 16.8 Å². The summed E-state index contributed by atoms with van der Waals surface area (Å²) < 4.78 is 46.6. The van der Waals surface area contributed by atoms with Crippen molar-refractivity contribution >= 4 is 17.7 Å². The van der Waals surface area contributed by atoms with Gasteiger partial charge in [0, 0.05) is 25.7 Å². The molecule has 1 fully saturated rings. The number of ether oxygens (including phenoxy) is 1. The number of hydrogen-bond acceptors (Lipinski definition) is 7.